The van der Waals surface area contributed by atoms with Gasteiger partial charge in [0.2, 0.25) is 10.0 Å². The van der Waals surface area contributed by atoms with E-state index in [0.29, 0.717) is 18.4 Å². The fourth-order valence-electron chi connectivity index (χ4n) is 3.46. The maximum absolute atomic E-state index is 12.5. The minimum absolute atomic E-state index is 0.0568. The van der Waals surface area contributed by atoms with E-state index in [4.69, 9.17) is 5.14 Å². The minimum Gasteiger partial charge on any atom is -0.345 e. The van der Waals surface area contributed by atoms with E-state index in [-0.39, 0.29) is 22.9 Å². The first-order valence-electron chi connectivity index (χ1n) is 10.3. The molecule has 0 aromatic heterocycles. The van der Waals surface area contributed by atoms with E-state index in [9.17, 15) is 13.2 Å². The number of sulfonamides is 1. The SMILES string of the molecule is CC(C)c1ccc([C@H]([NH2+]CC(=O)N[C@@H](C)c2ccc(S(N)(=O)=O)cc2)C(C)C)cc1. The van der Waals surface area contributed by atoms with E-state index in [1.54, 1.807) is 12.1 Å². The lowest BCUT2D eigenvalue weighted by Gasteiger charge is -2.21. The van der Waals surface area contributed by atoms with Crippen LogP contribution in [-0.4, -0.2) is 20.9 Å². The third kappa shape index (κ3) is 6.65. The molecule has 6 nitrogen and oxygen atoms in total. The summed E-state index contributed by atoms with van der Waals surface area (Å²) in [6.45, 7) is 10.9. The molecule has 0 aliphatic heterocycles. The van der Waals surface area contributed by atoms with Crippen LogP contribution in [0.15, 0.2) is 53.4 Å². The number of amides is 1. The summed E-state index contributed by atoms with van der Waals surface area (Å²) in [5, 5.41) is 10.2. The molecule has 2 aromatic rings. The number of nitrogens with one attached hydrogen (secondary N) is 1. The summed E-state index contributed by atoms with van der Waals surface area (Å²) in [5.74, 6) is 0.806. The molecule has 0 fully saturated rings. The summed E-state index contributed by atoms with van der Waals surface area (Å²) in [4.78, 5) is 12.6. The lowest BCUT2D eigenvalue weighted by atomic mass is 9.93. The minimum atomic E-state index is -3.72. The molecular weight excluding hydrogens is 398 g/mol. The molecule has 0 aliphatic rings. The van der Waals surface area contributed by atoms with Crippen LogP contribution < -0.4 is 15.8 Å². The van der Waals surface area contributed by atoms with E-state index in [2.05, 4.69) is 62.6 Å². The second-order valence-electron chi connectivity index (χ2n) is 8.43. The third-order valence-electron chi connectivity index (χ3n) is 5.35. The van der Waals surface area contributed by atoms with Crippen LogP contribution in [0.3, 0.4) is 0 Å². The number of rotatable bonds is 9. The first kappa shape index (κ1) is 24.1. The average Bonchev–Trinajstić information content (AvgIpc) is 2.67. The summed E-state index contributed by atoms with van der Waals surface area (Å²) >= 11 is 0. The van der Waals surface area contributed by atoms with Gasteiger partial charge in [0.15, 0.2) is 6.54 Å². The number of primary sulfonamides is 1. The fourth-order valence-corrected chi connectivity index (χ4v) is 3.98. The number of hydrogen-bond acceptors (Lipinski definition) is 3. The molecule has 1 amide bonds. The Morgan fingerprint density at radius 1 is 0.900 bits per heavy atom. The number of carbonyl (C=O) groups excluding carboxylic acids is 1. The van der Waals surface area contributed by atoms with Gasteiger partial charge < -0.3 is 10.6 Å². The highest BCUT2D eigenvalue weighted by molar-refractivity contribution is 7.89. The van der Waals surface area contributed by atoms with Crippen molar-refractivity contribution in [3.05, 3.63) is 65.2 Å². The van der Waals surface area contributed by atoms with Gasteiger partial charge in [0, 0.05) is 11.5 Å². The summed E-state index contributed by atoms with van der Waals surface area (Å²) in [6, 6.07) is 14.8. The maximum atomic E-state index is 12.5. The van der Waals surface area contributed by atoms with Crippen molar-refractivity contribution >= 4 is 15.9 Å². The van der Waals surface area contributed by atoms with Crippen LogP contribution in [-0.2, 0) is 14.8 Å². The Labute approximate surface area is 180 Å². The van der Waals surface area contributed by atoms with Crippen LogP contribution in [0.5, 0.6) is 0 Å². The first-order valence-corrected chi connectivity index (χ1v) is 11.9. The first-order chi connectivity index (χ1) is 14.0. The van der Waals surface area contributed by atoms with Gasteiger partial charge in [-0.1, -0.05) is 64.1 Å². The number of benzene rings is 2. The van der Waals surface area contributed by atoms with E-state index in [1.165, 1.54) is 23.3 Å². The lowest BCUT2D eigenvalue weighted by Crippen LogP contribution is -2.88. The van der Waals surface area contributed by atoms with Crippen LogP contribution in [0.4, 0.5) is 0 Å². The highest BCUT2D eigenvalue weighted by Crippen LogP contribution is 2.21. The normalized spacial score (nSPS) is 14.0. The molecule has 0 bridgehead atoms. The van der Waals surface area contributed by atoms with Gasteiger partial charge in [0.25, 0.3) is 5.91 Å². The highest BCUT2D eigenvalue weighted by Gasteiger charge is 2.21. The molecule has 0 saturated carbocycles. The molecule has 2 atom stereocenters. The smallest absolute Gasteiger partial charge is 0.275 e. The molecule has 0 heterocycles. The third-order valence-corrected chi connectivity index (χ3v) is 6.28. The molecular formula is C23H34N3O3S+. The van der Waals surface area contributed by atoms with Gasteiger partial charge in [0.05, 0.1) is 10.9 Å². The molecule has 0 radical (unpaired) electrons. The van der Waals surface area contributed by atoms with Crippen molar-refractivity contribution in [2.24, 2.45) is 11.1 Å². The van der Waals surface area contributed by atoms with E-state index in [1.807, 2.05) is 6.92 Å². The number of quaternary nitrogens is 1. The molecule has 0 spiro atoms. The topological polar surface area (TPSA) is 106 Å². The number of hydrogen-bond donors (Lipinski definition) is 3. The van der Waals surface area contributed by atoms with Gasteiger partial charge in [-0.25, -0.2) is 13.6 Å². The molecule has 2 rings (SSSR count). The molecule has 7 heteroatoms. The Morgan fingerprint density at radius 2 is 1.40 bits per heavy atom. The van der Waals surface area contributed by atoms with Crippen LogP contribution in [0.25, 0.3) is 0 Å². The van der Waals surface area contributed by atoms with Gasteiger partial charge in [-0.05, 0) is 36.1 Å². The molecule has 5 N–H and O–H groups in total. The molecule has 0 saturated heterocycles. The predicted octanol–water partition coefficient (Wildman–Crippen LogP) is 2.60. The molecule has 0 aliphatic carbocycles. The Balaban J connectivity index is 1.97. The van der Waals surface area contributed by atoms with Crippen molar-refractivity contribution in [1.82, 2.24) is 5.32 Å². The molecule has 2 aromatic carbocycles. The molecule has 164 valence electrons. The summed E-state index contributed by atoms with van der Waals surface area (Å²) < 4.78 is 22.7. The van der Waals surface area contributed by atoms with Crippen molar-refractivity contribution in [3.8, 4) is 0 Å². The zero-order chi connectivity index (χ0) is 22.5. The Kier molecular flexibility index (Phi) is 8.18. The molecule has 0 unspecified atom stereocenters. The fraction of sp³-hybridized carbons (Fsp3) is 0.435. The summed E-state index contributed by atoms with van der Waals surface area (Å²) in [6.07, 6.45) is 0. The van der Waals surface area contributed by atoms with Crippen LogP contribution in [0.2, 0.25) is 0 Å². The second-order valence-corrected chi connectivity index (χ2v) is 10.00. The van der Waals surface area contributed by atoms with Gasteiger partial charge in [0.1, 0.15) is 6.04 Å². The Hall–Kier alpha value is -2.22. The predicted molar refractivity (Wildman–Crippen MR) is 119 cm³/mol. The van der Waals surface area contributed by atoms with E-state index < -0.39 is 10.0 Å². The second kappa shape index (κ2) is 10.2. The monoisotopic (exact) mass is 432 g/mol. The van der Waals surface area contributed by atoms with Crippen LogP contribution in [0.1, 0.15) is 69.3 Å². The maximum Gasteiger partial charge on any atom is 0.275 e. The molecule has 30 heavy (non-hydrogen) atoms. The summed E-state index contributed by atoms with van der Waals surface area (Å²) in [7, 11) is -3.72. The van der Waals surface area contributed by atoms with Gasteiger partial charge in [-0.3, -0.25) is 4.79 Å². The lowest BCUT2D eigenvalue weighted by molar-refractivity contribution is -0.692. The Morgan fingerprint density at radius 3 is 1.87 bits per heavy atom. The standard InChI is InChI=1S/C23H33N3O3S/c1-15(2)18-6-8-20(9-7-18)23(16(3)4)25-14-22(27)26-17(5)19-10-12-21(13-11-19)30(24,28)29/h6-13,15-17,23,25H,14H2,1-5H3,(H,26,27)(H2,24,28,29)/p+1/t17-,23+/m0/s1. The highest BCUT2D eigenvalue weighted by atomic mass is 32.2. The van der Waals surface area contributed by atoms with Crippen molar-refractivity contribution < 1.29 is 18.5 Å². The summed E-state index contributed by atoms with van der Waals surface area (Å²) in [5.41, 5.74) is 3.34. The van der Waals surface area contributed by atoms with Crippen LogP contribution >= 0.6 is 0 Å². The van der Waals surface area contributed by atoms with Crippen molar-refractivity contribution in [1.29, 1.82) is 0 Å². The zero-order valence-corrected chi connectivity index (χ0v) is 19.2. The van der Waals surface area contributed by atoms with Crippen molar-refractivity contribution in [2.75, 3.05) is 6.54 Å². The van der Waals surface area contributed by atoms with E-state index >= 15 is 0 Å². The van der Waals surface area contributed by atoms with Gasteiger partial charge >= 0.3 is 0 Å². The zero-order valence-electron chi connectivity index (χ0n) is 18.4. The van der Waals surface area contributed by atoms with Crippen LogP contribution in [0, 0.1) is 5.92 Å². The van der Waals surface area contributed by atoms with Crippen molar-refractivity contribution in [2.45, 2.75) is 57.5 Å². The Bertz CT molecular complexity index is 937. The van der Waals surface area contributed by atoms with Gasteiger partial charge in [-0.2, -0.15) is 0 Å². The van der Waals surface area contributed by atoms with E-state index in [0.717, 1.165) is 5.56 Å². The quantitative estimate of drug-likeness (QED) is 0.567. The number of carbonyl (C=O) groups is 1. The average molecular weight is 433 g/mol. The number of nitrogens with two attached hydrogens (primary N) is 2. The van der Waals surface area contributed by atoms with Gasteiger partial charge in [-0.15, -0.1) is 0 Å². The van der Waals surface area contributed by atoms with Crippen molar-refractivity contribution in [3.63, 3.8) is 0 Å². The largest absolute Gasteiger partial charge is 0.345 e.